The topological polar surface area (TPSA) is 59.6 Å². The number of H-pyrrole nitrogens is 1. The Morgan fingerprint density at radius 2 is 1.62 bits per heavy atom. The van der Waals surface area contributed by atoms with Crippen molar-refractivity contribution in [3.8, 4) is 23.0 Å². The SMILES string of the molecule is CCN1CCN(Cc2ccc(C#Cc3cccc(C(O)C(=O)c4ccccc4)c3-c3ccc4cc[nH]c4c3)cc2)CC1. The lowest BCUT2D eigenvalue weighted by atomic mass is 9.88. The summed E-state index contributed by atoms with van der Waals surface area (Å²) in [6.45, 7) is 8.75. The van der Waals surface area contributed by atoms with E-state index < -0.39 is 6.10 Å². The summed E-state index contributed by atoms with van der Waals surface area (Å²) in [6, 6.07) is 31.2. The number of piperazine rings is 1. The van der Waals surface area contributed by atoms with Gasteiger partial charge in [-0.1, -0.05) is 85.5 Å². The minimum atomic E-state index is -1.32. The predicted octanol–water partition coefficient (Wildman–Crippen LogP) is 6.29. The molecule has 0 spiro atoms. The van der Waals surface area contributed by atoms with Gasteiger partial charge < -0.3 is 15.0 Å². The molecule has 1 aliphatic rings. The highest BCUT2D eigenvalue weighted by molar-refractivity contribution is 6.01. The first-order valence-electron chi connectivity index (χ1n) is 14.6. The number of carbonyl (C=O) groups is 1. The summed E-state index contributed by atoms with van der Waals surface area (Å²) >= 11 is 0. The molecule has 4 aromatic carbocycles. The maximum absolute atomic E-state index is 13.3. The number of aromatic nitrogens is 1. The number of aliphatic hydroxyl groups is 1. The first kappa shape index (κ1) is 27.7. The fourth-order valence-corrected chi connectivity index (χ4v) is 5.68. The fourth-order valence-electron chi connectivity index (χ4n) is 5.68. The first-order valence-corrected chi connectivity index (χ1v) is 14.6. The van der Waals surface area contributed by atoms with Crippen molar-refractivity contribution in [3.63, 3.8) is 0 Å². The molecule has 2 heterocycles. The molecule has 0 saturated carbocycles. The van der Waals surface area contributed by atoms with Gasteiger partial charge in [-0.25, -0.2) is 0 Å². The zero-order valence-corrected chi connectivity index (χ0v) is 23.9. The number of benzene rings is 4. The lowest BCUT2D eigenvalue weighted by Crippen LogP contribution is -2.45. The Bertz CT molecular complexity index is 1740. The van der Waals surface area contributed by atoms with Gasteiger partial charge in [0.25, 0.3) is 0 Å². The number of nitrogens with zero attached hydrogens (tertiary/aromatic N) is 2. The normalized spacial score (nSPS) is 14.8. The van der Waals surface area contributed by atoms with Crippen LogP contribution in [0.25, 0.3) is 22.0 Å². The monoisotopic (exact) mass is 553 g/mol. The summed E-state index contributed by atoms with van der Waals surface area (Å²) in [5.74, 6) is 6.35. The van der Waals surface area contributed by atoms with Crippen molar-refractivity contribution in [2.24, 2.45) is 0 Å². The Morgan fingerprint density at radius 1 is 0.857 bits per heavy atom. The van der Waals surface area contributed by atoms with Crippen molar-refractivity contribution in [1.29, 1.82) is 0 Å². The van der Waals surface area contributed by atoms with Gasteiger partial charge in [-0.2, -0.15) is 0 Å². The van der Waals surface area contributed by atoms with Crippen molar-refractivity contribution in [3.05, 3.63) is 131 Å². The third-order valence-electron chi connectivity index (χ3n) is 8.16. The number of carbonyl (C=O) groups excluding carboxylic acids is 1. The minimum Gasteiger partial charge on any atom is -0.380 e. The van der Waals surface area contributed by atoms with Crippen LogP contribution in [0.2, 0.25) is 0 Å². The number of aromatic amines is 1. The molecule has 1 unspecified atom stereocenters. The third-order valence-corrected chi connectivity index (χ3v) is 8.16. The van der Waals surface area contributed by atoms with Crippen LogP contribution in [0.4, 0.5) is 0 Å². The molecule has 5 nitrogen and oxygen atoms in total. The summed E-state index contributed by atoms with van der Waals surface area (Å²) in [7, 11) is 0. The van der Waals surface area contributed by atoms with Gasteiger partial charge in [-0.15, -0.1) is 0 Å². The van der Waals surface area contributed by atoms with Gasteiger partial charge in [0.2, 0.25) is 0 Å². The molecule has 5 heteroatoms. The lowest BCUT2D eigenvalue weighted by Gasteiger charge is -2.34. The van der Waals surface area contributed by atoms with Crippen LogP contribution in [-0.4, -0.2) is 58.4 Å². The van der Waals surface area contributed by atoms with E-state index in [0.717, 1.165) is 72.4 Å². The van der Waals surface area contributed by atoms with Gasteiger partial charge >= 0.3 is 0 Å². The number of Topliss-reactive ketones (excluding diaryl/α,β-unsaturated/α-hetero) is 1. The van der Waals surface area contributed by atoms with E-state index in [9.17, 15) is 9.90 Å². The van der Waals surface area contributed by atoms with E-state index in [1.165, 1.54) is 5.56 Å². The first-order chi connectivity index (χ1) is 20.6. The Balaban J connectivity index is 1.31. The molecule has 1 fully saturated rings. The Hall–Kier alpha value is -4.47. The lowest BCUT2D eigenvalue weighted by molar-refractivity contribution is 0.0748. The van der Waals surface area contributed by atoms with E-state index in [1.54, 1.807) is 24.3 Å². The van der Waals surface area contributed by atoms with E-state index in [-0.39, 0.29) is 5.78 Å². The molecule has 210 valence electrons. The molecular weight excluding hydrogens is 518 g/mol. The van der Waals surface area contributed by atoms with Crippen LogP contribution >= 0.6 is 0 Å². The van der Waals surface area contributed by atoms with Crippen molar-refractivity contribution >= 4 is 16.7 Å². The van der Waals surface area contributed by atoms with Crippen LogP contribution in [0.5, 0.6) is 0 Å². The highest BCUT2D eigenvalue weighted by Crippen LogP contribution is 2.34. The molecule has 2 N–H and O–H groups in total. The predicted molar refractivity (Wildman–Crippen MR) is 169 cm³/mol. The molecule has 0 radical (unpaired) electrons. The molecule has 1 aromatic heterocycles. The van der Waals surface area contributed by atoms with Crippen molar-refractivity contribution < 1.29 is 9.90 Å². The standard InChI is InChI=1S/C37H35N3O2/c1-2-39-21-23-40(24-22-39)26-28-13-11-27(12-14-28)15-16-30-9-6-10-33(37(42)36(41)31-7-4-3-5-8-31)35(30)32-18-17-29-19-20-38-34(29)25-32/h3-14,17-20,25,37-38,42H,2,21-24,26H2,1H3. The number of aliphatic hydroxyl groups excluding tert-OH is 1. The number of nitrogens with one attached hydrogen (secondary N) is 1. The third kappa shape index (κ3) is 6.07. The Kier molecular flexibility index (Phi) is 8.30. The van der Waals surface area contributed by atoms with Gasteiger partial charge in [-0.3, -0.25) is 9.69 Å². The zero-order chi connectivity index (χ0) is 28.9. The van der Waals surface area contributed by atoms with Crippen LogP contribution in [0, 0.1) is 11.8 Å². The average Bonchev–Trinajstić information content (AvgIpc) is 3.52. The van der Waals surface area contributed by atoms with Crippen molar-refractivity contribution in [1.82, 2.24) is 14.8 Å². The summed E-state index contributed by atoms with van der Waals surface area (Å²) in [6.07, 6.45) is 0.589. The summed E-state index contributed by atoms with van der Waals surface area (Å²) in [4.78, 5) is 21.6. The average molecular weight is 554 g/mol. The van der Waals surface area contributed by atoms with Gasteiger partial charge in [0, 0.05) is 66.7 Å². The second-order valence-corrected chi connectivity index (χ2v) is 10.8. The summed E-state index contributed by atoms with van der Waals surface area (Å²) < 4.78 is 0. The van der Waals surface area contributed by atoms with Crippen molar-refractivity contribution in [2.75, 3.05) is 32.7 Å². The largest absolute Gasteiger partial charge is 0.380 e. The number of hydrogen-bond donors (Lipinski definition) is 2. The smallest absolute Gasteiger partial charge is 0.195 e. The molecule has 1 saturated heterocycles. The molecule has 6 rings (SSSR count). The van der Waals surface area contributed by atoms with E-state index in [2.05, 4.69) is 57.8 Å². The molecular formula is C37H35N3O2. The van der Waals surface area contributed by atoms with Gasteiger partial charge in [-0.05, 0) is 59.0 Å². The van der Waals surface area contributed by atoms with E-state index in [0.29, 0.717) is 11.1 Å². The molecule has 42 heavy (non-hydrogen) atoms. The van der Waals surface area contributed by atoms with Crippen LogP contribution in [0.3, 0.4) is 0 Å². The highest BCUT2D eigenvalue weighted by Gasteiger charge is 2.24. The second kappa shape index (κ2) is 12.6. The zero-order valence-electron chi connectivity index (χ0n) is 23.9. The number of rotatable bonds is 7. The molecule has 1 aliphatic heterocycles. The van der Waals surface area contributed by atoms with E-state index in [1.807, 2.05) is 54.7 Å². The van der Waals surface area contributed by atoms with E-state index in [4.69, 9.17) is 0 Å². The van der Waals surface area contributed by atoms with Crippen LogP contribution in [0.1, 0.15) is 45.6 Å². The molecule has 0 aliphatic carbocycles. The number of ketones is 1. The molecule has 1 atom stereocenters. The second-order valence-electron chi connectivity index (χ2n) is 10.8. The highest BCUT2D eigenvalue weighted by atomic mass is 16.3. The van der Waals surface area contributed by atoms with Crippen LogP contribution < -0.4 is 0 Å². The van der Waals surface area contributed by atoms with E-state index >= 15 is 0 Å². The number of likely N-dealkylation sites (N-methyl/N-ethyl adjacent to an activating group) is 1. The molecule has 5 aromatic rings. The Morgan fingerprint density at radius 3 is 2.38 bits per heavy atom. The molecule has 0 amide bonds. The quantitative estimate of drug-likeness (QED) is 0.184. The summed E-state index contributed by atoms with van der Waals surface area (Å²) in [5, 5.41) is 12.4. The minimum absolute atomic E-state index is 0.338. The van der Waals surface area contributed by atoms with Crippen molar-refractivity contribution in [2.45, 2.75) is 19.6 Å². The van der Waals surface area contributed by atoms with Gasteiger partial charge in [0.15, 0.2) is 5.78 Å². The Labute approximate surface area is 247 Å². The van der Waals surface area contributed by atoms with Crippen LogP contribution in [-0.2, 0) is 6.54 Å². The number of fused-ring (bicyclic) bond motifs is 1. The fraction of sp³-hybridized carbons (Fsp3) is 0.216. The maximum atomic E-state index is 13.3. The molecule has 0 bridgehead atoms. The summed E-state index contributed by atoms with van der Waals surface area (Å²) in [5.41, 5.74) is 6.62. The van der Waals surface area contributed by atoms with Gasteiger partial charge in [0.05, 0.1) is 0 Å². The number of hydrogen-bond acceptors (Lipinski definition) is 4. The van der Waals surface area contributed by atoms with Crippen LogP contribution in [0.15, 0.2) is 103 Å². The maximum Gasteiger partial charge on any atom is 0.195 e. The van der Waals surface area contributed by atoms with Gasteiger partial charge in [0.1, 0.15) is 6.10 Å².